The first kappa shape index (κ1) is 31.4. The van der Waals surface area contributed by atoms with Crippen LogP contribution in [0.15, 0.2) is 120 Å². The van der Waals surface area contributed by atoms with E-state index in [0.717, 1.165) is 27.6 Å². The Morgan fingerprint density at radius 3 is 1.81 bits per heavy atom. The van der Waals surface area contributed by atoms with Gasteiger partial charge in [0.2, 0.25) is 11.8 Å². The van der Waals surface area contributed by atoms with Crippen LogP contribution in [0.2, 0.25) is 0 Å². The topological polar surface area (TPSA) is 86.8 Å². The van der Waals surface area contributed by atoms with Gasteiger partial charge in [-0.05, 0) is 68.3 Å². The van der Waals surface area contributed by atoms with Crippen LogP contribution in [0.4, 0.5) is 10.1 Å². The van der Waals surface area contributed by atoms with E-state index < -0.39 is 39.9 Å². The fourth-order valence-corrected chi connectivity index (χ4v) is 6.08. The number of nitrogens with one attached hydrogen (secondary N) is 1. The van der Waals surface area contributed by atoms with Crippen molar-refractivity contribution in [2.24, 2.45) is 0 Å². The number of hydrogen-bond donors (Lipinski definition) is 1. The lowest BCUT2D eigenvalue weighted by atomic mass is 10.0. The van der Waals surface area contributed by atoms with Crippen LogP contribution in [0.25, 0.3) is 0 Å². The lowest BCUT2D eigenvalue weighted by Gasteiger charge is -2.35. The molecule has 1 atom stereocenters. The summed E-state index contributed by atoms with van der Waals surface area (Å²) in [5, 5.41) is 3.00. The minimum absolute atomic E-state index is 0.0203. The molecule has 4 rings (SSSR count). The summed E-state index contributed by atoms with van der Waals surface area (Å²) in [6.07, 6.45) is 0.212. The average molecular weight is 602 g/mol. The van der Waals surface area contributed by atoms with E-state index in [4.69, 9.17) is 0 Å². The van der Waals surface area contributed by atoms with Crippen LogP contribution < -0.4 is 9.62 Å². The van der Waals surface area contributed by atoms with Crippen molar-refractivity contribution < 1.29 is 22.4 Å². The number of hydrogen-bond acceptors (Lipinski definition) is 4. The minimum atomic E-state index is -4.24. The number of anilines is 1. The van der Waals surface area contributed by atoms with Gasteiger partial charge in [-0.1, -0.05) is 78.9 Å². The summed E-state index contributed by atoms with van der Waals surface area (Å²) in [6, 6.07) is 30.3. The van der Waals surface area contributed by atoms with Crippen LogP contribution >= 0.6 is 0 Å². The molecule has 43 heavy (non-hydrogen) atoms. The molecule has 7 nitrogen and oxygen atoms in total. The van der Waals surface area contributed by atoms with Crippen molar-refractivity contribution >= 4 is 27.5 Å². The highest BCUT2D eigenvalue weighted by Gasteiger charge is 2.35. The van der Waals surface area contributed by atoms with Crippen molar-refractivity contribution in [3.63, 3.8) is 0 Å². The molecule has 0 saturated heterocycles. The van der Waals surface area contributed by atoms with Gasteiger partial charge >= 0.3 is 0 Å². The Morgan fingerprint density at radius 1 is 0.767 bits per heavy atom. The Kier molecular flexibility index (Phi) is 9.98. The Bertz CT molecular complexity index is 1610. The molecule has 0 aliphatic heterocycles. The van der Waals surface area contributed by atoms with Crippen LogP contribution in [0.3, 0.4) is 0 Å². The van der Waals surface area contributed by atoms with Crippen LogP contribution in [-0.2, 0) is 32.6 Å². The molecule has 9 heteroatoms. The number of sulfonamides is 1. The quantitative estimate of drug-likeness (QED) is 0.243. The number of benzene rings is 4. The largest absolute Gasteiger partial charge is 0.350 e. The maximum absolute atomic E-state index is 14.3. The van der Waals surface area contributed by atoms with Crippen molar-refractivity contribution in [1.82, 2.24) is 10.2 Å². The van der Waals surface area contributed by atoms with Gasteiger partial charge in [0.05, 0.1) is 10.6 Å². The molecule has 0 radical (unpaired) electrons. The number of carbonyl (C=O) groups is 2. The smallest absolute Gasteiger partial charge is 0.264 e. The van der Waals surface area contributed by atoms with Crippen molar-refractivity contribution in [3.05, 3.63) is 132 Å². The molecule has 2 amide bonds. The number of amides is 2. The molecule has 4 aromatic rings. The summed E-state index contributed by atoms with van der Waals surface area (Å²) in [6.45, 7) is 5.03. The van der Waals surface area contributed by atoms with Crippen molar-refractivity contribution in [2.45, 2.75) is 50.2 Å². The molecule has 0 aromatic heterocycles. The van der Waals surface area contributed by atoms with Crippen LogP contribution in [0, 0.1) is 5.82 Å². The van der Waals surface area contributed by atoms with Crippen LogP contribution in [0.1, 0.15) is 31.9 Å². The molecular formula is C34H36FN3O4S. The second-order valence-electron chi connectivity index (χ2n) is 11.3. The van der Waals surface area contributed by atoms with Gasteiger partial charge in [0.1, 0.15) is 18.4 Å². The van der Waals surface area contributed by atoms with E-state index in [-0.39, 0.29) is 29.5 Å². The van der Waals surface area contributed by atoms with Crippen molar-refractivity contribution in [3.8, 4) is 0 Å². The number of carbonyl (C=O) groups excluding carboxylic acids is 2. The van der Waals surface area contributed by atoms with E-state index in [9.17, 15) is 22.4 Å². The summed E-state index contributed by atoms with van der Waals surface area (Å²) in [4.78, 5) is 29.6. The van der Waals surface area contributed by atoms with Crippen LogP contribution in [-0.4, -0.2) is 43.3 Å². The SMILES string of the molecule is CC(C)(C)NC(=O)[C@@H](Cc1ccccc1)N(Cc1ccccc1)C(=O)CN(c1ccc(F)cc1)S(=O)(=O)c1ccccc1. The van der Waals surface area contributed by atoms with Gasteiger partial charge in [0.15, 0.2) is 0 Å². The van der Waals surface area contributed by atoms with Gasteiger partial charge in [-0.3, -0.25) is 13.9 Å². The zero-order valence-electron chi connectivity index (χ0n) is 24.5. The van der Waals surface area contributed by atoms with E-state index >= 15 is 0 Å². The molecule has 0 saturated carbocycles. The maximum Gasteiger partial charge on any atom is 0.264 e. The predicted molar refractivity (Wildman–Crippen MR) is 166 cm³/mol. The molecule has 0 fully saturated rings. The first-order chi connectivity index (χ1) is 20.4. The first-order valence-electron chi connectivity index (χ1n) is 14.0. The molecule has 224 valence electrons. The number of nitrogens with zero attached hydrogens (tertiary/aromatic N) is 2. The van der Waals surface area contributed by atoms with E-state index in [1.54, 1.807) is 18.2 Å². The van der Waals surface area contributed by atoms with Gasteiger partial charge in [0, 0.05) is 18.5 Å². The third-order valence-corrected chi connectivity index (χ3v) is 8.48. The third kappa shape index (κ3) is 8.51. The highest BCUT2D eigenvalue weighted by atomic mass is 32.2. The number of rotatable bonds is 11. The van der Waals surface area contributed by atoms with Crippen molar-refractivity contribution in [2.75, 3.05) is 10.8 Å². The zero-order chi connectivity index (χ0) is 31.0. The lowest BCUT2D eigenvalue weighted by molar-refractivity contribution is -0.140. The summed E-state index contributed by atoms with van der Waals surface area (Å²) in [5.74, 6) is -1.49. The molecule has 4 aromatic carbocycles. The normalized spacial score (nSPS) is 12.3. The molecule has 0 bridgehead atoms. The molecule has 0 spiro atoms. The van der Waals surface area contributed by atoms with E-state index in [2.05, 4.69) is 5.32 Å². The Balaban J connectivity index is 1.79. The number of halogens is 1. The van der Waals surface area contributed by atoms with E-state index in [0.29, 0.717) is 0 Å². The van der Waals surface area contributed by atoms with Gasteiger partial charge < -0.3 is 10.2 Å². The fraction of sp³-hybridized carbons (Fsp3) is 0.235. The second kappa shape index (κ2) is 13.6. The highest BCUT2D eigenvalue weighted by molar-refractivity contribution is 7.92. The molecule has 0 aliphatic rings. The van der Waals surface area contributed by atoms with Gasteiger partial charge in [-0.15, -0.1) is 0 Å². The highest BCUT2D eigenvalue weighted by Crippen LogP contribution is 2.25. The predicted octanol–water partition coefficient (Wildman–Crippen LogP) is 5.58. The van der Waals surface area contributed by atoms with Gasteiger partial charge in [0.25, 0.3) is 10.0 Å². The van der Waals surface area contributed by atoms with E-state index in [1.165, 1.54) is 29.2 Å². The Morgan fingerprint density at radius 2 is 1.28 bits per heavy atom. The third-order valence-electron chi connectivity index (χ3n) is 6.69. The summed E-state index contributed by atoms with van der Waals surface area (Å²) >= 11 is 0. The molecule has 0 heterocycles. The Labute approximate surface area is 253 Å². The lowest BCUT2D eigenvalue weighted by Crippen LogP contribution is -2.56. The van der Waals surface area contributed by atoms with Gasteiger partial charge in [-0.2, -0.15) is 0 Å². The van der Waals surface area contributed by atoms with Gasteiger partial charge in [-0.25, -0.2) is 12.8 Å². The molecule has 1 N–H and O–H groups in total. The van der Waals surface area contributed by atoms with Crippen molar-refractivity contribution in [1.29, 1.82) is 0 Å². The van der Waals surface area contributed by atoms with E-state index in [1.807, 2.05) is 81.4 Å². The zero-order valence-corrected chi connectivity index (χ0v) is 25.3. The Hall–Kier alpha value is -4.50. The summed E-state index contributed by atoms with van der Waals surface area (Å²) < 4.78 is 42.6. The first-order valence-corrected chi connectivity index (χ1v) is 15.4. The summed E-state index contributed by atoms with van der Waals surface area (Å²) in [7, 11) is -4.24. The standard InChI is InChI=1S/C34H36FN3O4S/c1-34(2,3)36-33(40)31(23-26-13-7-4-8-14-26)37(24-27-15-9-5-10-16-27)32(39)25-38(29-21-19-28(35)20-22-29)43(41,42)30-17-11-6-12-18-30/h4-22,31H,23-25H2,1-3H3,(H,36,40)/t31-/m1/s1. The molecule has 0 aliphatic carbocycles. The fourth-order valence-electron chi connectivity index (χ4n) is 4.64. The average Bonchev–Trinajstić information content (AvgIpc) is 2.98. The molecular weight excluding hydrogens is 565 g/mol. The maximum atomic E-state index is 14.3. The summed E-state index contributed by atoms with van der Waals surface area (Å²) in [5.41, 5.74) is 1.16. The molecule has 0 unspecified atom stereocenters. The van der Waals surface area contributed by atoms with Crippen LogP contribution in [0.5, 0.6) is 0 Å². The second-order valence-corrected chi connectivity index (χ2v) is 13.1. The minimum Gasteiger partial charge on any atom is -0.350 e. The monoisotopic (exact) mass is 601 g/mol.